The largest absolute Gasteiger partial charge is 0.324 e. The van der Waals surface area contributed by atoms with Crippen LogP contribution in [0.2, 0.25) is 5.02 Å². The van der Waals surface area contributed by atoms with Crippen LogP contribution in [0.3, 0.4) is 0 Å². The number of piperidine rings is 1. The molecule has 0 radical (unpaired) electrons. The maximum absolute atomic E-state index is 12.3. The molecule has 116 valence electrons. The van der Waals surface area contributed by atoms with Gasteiger partial charge in [-0.1, -0.05) is 30.7 Å². The average Bonchev–Trinajstić information content (AvgIpc) is 2.50. The summed E-state index contributed by atoms with van der Waals surface area (Å²) in [7, 11) is 0. The van der Waals surface area contributed by atoms with Gasteiger partial charge in [-0.2, -0.15) is 0 Å². The SMILES string of the molecule is CCCN(CC(=O)Nc1ccccc1Cl)C1CCNCC1. The van der Waals surface area contributed by atoms with E-state index in [-0.39, 0.29) is 5.91 Å². The Morgan fingerprint density at radius 1 is 1.38 bits per heavy atom. The maximum atomic E-state index is 12.3. The zero-order chi connectivity index (χ0) is 15.1. The van der Waals surface area contributed by atoms with Crippen molar-refractivity contribution in [3.8, 4) is 0 Å². The maximum Gasteiger partial charge on any atom is 0.238 e. The number of benzene rings is 1. The molecule has 21 heavy (non-hydrogen) atoms. The lowest BCUT2D eigenvalue weighted by Gasteiger charge is -2.34. The van der Waals surface area contributed by atoms with E-state index in [0.29, 0.717) is 23.3 Å². The van der Waals surface area contributed by atoms with Crippen LogP contribution in [0.4, 0.5) is 5.69 Å². The fraction of sp³-hybridized carbons (Fsp3) is 0.562. The Morgan fingerprint density at radius 2 is 2.10 bits per heavy atom. The molecule has 1 aromatic carbocycles. The molecule has 1 fully saturated rings. The van der Waals surface area contributed by atoms with Gasteiger partial charge in [0.1, 0.15) is 0 Å². The third-order valence-electron chi connectivity index (χ3n) is 3.83. The Balaban J connectivity index is 1.93. The third-order valence-corrected chi connectivity index (χ3v) is 4.16. The first kappa shape index (κ1) is 16.3. The van der Waals surface area contributed by atoms with Crippen molar-refractivity contribution in [1.82, 2.24) is 10.2 Å². The van der Waals surface area contributed by atoms with Crippen LogP contribution in [0, 0.1) is 0 Å². The standard InChI is InChI=1S/C16H24ClN3O/c1-2-11-20(13-7-9-18-10-8-13)12-16(21)19-15-6-4-3-5-14(15)17/h3-6,13,18H,2,7-12H2,1H3,(H,19,21). The highest BCUT2D eigenvalue weighted by molar-refractivity contribution is 6.33. The van der Waals surface area contributed by atoms with E-state index in [4.69, 9.17) is 11.6 Å². The molecule has 2 N–H and O–H groups in total. The van der Waals surface area contributed by atoms with Crippen LogP contribution in [-0.2, 0) is 4.79 Å². The van der Waals surface area contributed by atoms with Gasteiger partial charge >= 0.3 is 0 Å². The molecule has 0 saturated carbocycles. The molecule has 0 atom stereocenters. The van der Waals surface area contributed by atoms with Gasteiger partial charge in [-0.3, -0.25) is 9.69 Å². The van der Waals surface area contributed by atoms with Crippen LogP contribution in [-0.4, -0.2) is 43.0 Å². The third kappa shape index (κ3) is 4.99. The number of carbonyl (C=O) groups is 1. The van der Waals surface area contributed by atoms with E-state index in [2.05, 4.69) is 22.5 Å². The van der Waals surface area contributed by atoms with Crippen molar-refractivity contribution in [3.63, 3.8) is 0 Å². The van der Waals surface area contributed by atoms with E-state index in [1.807, 2.05) is 18.2 Å². The molecule has 0 unspecified atom stereocenters. The Hall–Kier alpha value is -1.10. The summed E-state index contributed by atoms with van der Waals surface area (Å²) in [5, 5.41) is 6.86. The second kappa shape index (κ2) is 8.37. The molecule has 0 aliphatic carbocycles. The molecular weight excluding hydrogens is 286 g/mol. The summed E-state index contributed by atoms with van der Waals surface area (Å²) in [4.78, 5) is 14.6. The lowest BCUT2D eigenvalue weighted by atomic mass is 10.0. The van der Waals surface area contributed by atoms with Crippen LogP contribution in [0.25, 0.3) is 0 Å². The number of halogens is 1. The van der Waals surface area contributed by atoms with Crippen molar-refractivity contribution in [3.05, 3.63) is 29.3 Å². The molecule has 0 bridgehead atoms. The van der Waals surface area contributed by atoms with Crippen LogP contribution < -0.4 is 10.6 Å². The molecule has 0 spiro atoms. The van der Waals surface area contributed by atoms with E-state index < -0.39 is 0 Å². The zero-order valence-electron chi connectivity index (χ0n) is 12.6. The van der Waals surface area contributed by atoms with E-state index in [1.165, 1.54) is 0 Å². The van der Waals surface area contributed by atoms with Crippen LogP contribution >= 0.6 is 11.6 Å². The fourth-order valence-electron chi connectivity index (χ4n) is 2.79. The Morgan fingerprint density at radius 3 is 2.76 bits per heavy atom. The van der Waals surface area contributed by atoms with Crippen molar-refractivity contribution >= 4 is 23.2 Å². The van der Waals surface area contributed by atoms with E-state index >= 15 is 0 Å². The van der Waals surface area contributed by atoms with Crippen molar-refractivity contribution in [2.45, 2.75) is 32.2 Å². The van der Waals surface area contributed by atoms with Gasteiger partial charge < -0.3 is 10.6 Å². The summed E-state index contributed by atoms with van der Waals surface area (Å²) in [5.41, 5.74) is 0.686. The van der Waals surface area contributed by atoms with Gasteiger partial charge in [0.25, 0.3) is 0 Å². The first-order chi connectivity index (χ1) is 10.2. The Bertz CT molecular complexity index is 461. The molecule has 1 saturated heterocycles. The summed E-state index contributed by atoms with van der Waals surface area (Å²) in [6.07, 6.45) is 3.28. The predicted octanol–water partition coefficient (Wildman–Crippen LogP) is 2.74. The molecule has 1 amide bonds. The molecule has 0 aromatic heterocycles. The molecule has 2 rings (SSSR count). The van der Waals surface area contributed by atoms with Crippen molar-refractivity contribution < 1.29 is 4.79 Å². The number of anilines is 1. The summed E-state index contributed by atoms with van der Waals surface area (Å²) >= 11 is 6.08. The Labute approximate surface area is 131 Å². The topological polar surface area (TPSA) is 44.4 Å². The number of amides is 1. The first-order valence-corrected chi connectivity index (χ1v) is 8.07. The number of hydrogen-bond acceptors (Lipinski definition) is 3. The zero-order valence-corrected chi connectivity index (χ0v) is 13.3. The quantitative estimate of drug-likeness (QED) is 0.849. The highest BCUT2D eigenvalue weighted by Crippen LogP contribution is 2.20. The lowest BCUT2D eigenvalue weighted by molar-refractivity contribution is -0.118. The first-order valence-electron chi connectivity index (χ1n) is 7.70. The van der Waals surface area contributed by atoms with Gasteiger partial charge in [0.2, 0.25) is 5.91 Å². The molecule has 1 aromatic rings. The van der Waals surface area contributed by atoms with Crippen molar-refractivity contribution in [1.29, 1.82) is 0 Å². The predicted molar refractivity (Wildman–Crippen MR) is 87.8 cm³/mol. The number of para-hydroxylation sites is 1. The van der Waals surface area contributed by atoms with E-state index in [9.17, 15) is 4.79 Å². The summed E-state index contributed by atoms with van der Waals surface area (Å²) < 4.78 is 0. The number of carbonyl (C=O) groups excluding carboxylic acids is 1. The molecule has 1 aliphatic rings. The minimum atomic E-state index is 0.00934. The highest BCUT2D eigenvalue weighted by Gasteiger charge is 2.22. The second-order valence-corrected chi connectivity index (χ2v) is 5.89. The van der Waals surface area contributed by atoms with E-state index in [0.717, 1.165) is 38.9 Å². The van der Waals surface area contributed by atoms with Gasteiger partial charge in [0.05, 0.1) is 17.3 Å². The van der Waals surface area contributed by atoms with Gasteiger partial charge in [0.15, 0.2) is 0 Å². The minimum Gasteiger partial charge on any atom is -0.324 e. The molecule has 1 heterocycles. The van der Waals surface area contributed by atoms with Crippen molar-refractivity contribution in [2.24, 2.45) is 0 Å². The van der Waals surface area contributed by atoms with Crippen molar-refractivity contribution in [2.75, 3.05) is 31.5 Å². The van der Waals surface area contributed by atoms with Gasteiger partial charge in [-0.15, -0.1) is 0 Å². The Kier molecular flexibility index (Phi) is 6.49. The summed E-state index contributed by atoms with van der Waals surface area (Å²) in [6.45, 7) is 5.62. The summed E-state index contributed by atoms with van der Waals surface area (Å²) in [6, 6.07) is 7.85. The van der Waals surface area contributed by atoms with Crippen LogP contribution in [0.1, 0.15) is 26.2 Å². The average molecular weight is 310 g/mol. The molecule has 5 heteroatoms. The number of hydrogen-bond donors (Lipinski definition) is 2. The second-order valence-electron chi connectivity index (χ2n) is 5.48. The number of rotatable bonds is 6. The number of nitrogens with zero attached hydrogens (tertiary/aromatic N) is 1. The molecule has 1 aliphatic heterocycles. The lowest BCUT2D eigenvalue weighted by Crippen LogP contribution is -2.46. The van der Waals surface area contributed by atoms with Gasteiger partial charge in [-0.25, -0.2) is 0 Å². The molecule has 4 nitrogen and oxygen atoms in total. The van der Waals surface area contributed by atoms with Gasteiger partial charge in [0, 0.05) is 6.04 Å². The number of nitrogens with one attached hydrogen (secondary N) is 2. The van der Waals surface area contributed by atoms with E-state index in [1.54, 1.807) is 6.07 Å². The fourth-order valence-corrected chi connectivity index (χ4v) is 2.97. The van der Waals surface area contributed by atoms with Crippen LogP contribution in [0.15, 0.2) is 24.3 Å². The van der Waals surface area contributed by atoms with Gasteiger partial charge in [-0.05, 0) is 51.0 Å². The monoisotopic (exact) mass is 309 g/mol. The minimum absolute atomic E-state index is 0.00934. The highest BCUT2D eigenvalue weighted by atomic mass is 35.5. The normalized spacial score (nSPS) is 16.1. The van der Waals surface area contributed by atoms with Crippen LogP contribution in [0.5, 0.6) is 0 Å². The smallest absolute Gasteiger partial charge is 0.238 e. The molecular formula is C16H24ClN3O. The summed E-state index contributed by atoms with van der Waals surface area (Å²) in [5.74, 6) is 0.00934.